The van der Waals surface area contributed by atoms with Crippen LogP contribution in [-0.4, -0.2) is 48.6 Å². The summed E-state index contributed by atoms with van der Waals surface area (Å²) in [5, 5.41) is 3.50. The molecular formula is C17H29N3O. The van der Waals surface area contributed by atoms with Crippen LogP contribution in [0, 0.1) is 5.92 Å². The predicted octanol–water partition coefficient (Wildman–Crippen LogP) is 2.31. The third kappa shape index (κ3) is 4.83. The smallest absolute Gasteiger partial charge is 0.118 e. The first-order chi connectivity index (χ1) is 10.2. The Balaban J connectivity index is 1.40. The van der Waals surface area contributed by atoms with E-state index in [4.69, 9.17) is 4.42 Å². The van der Waals surface area contributed by atoms with Crippen molar-refractivity contribution in [2.45, 2.75) is 45.8 Å². The Morgan fingerprint density at radius 2 is 1.76 bits per heavy atom. The molecule has 2 heterocycles. The van der Waals surface area contributed by atoms with Gasteiger partial charge in [-0.3, -0.25) is 4.90 Å². The lowest BCUT2D eigenvalue weighted by Gasteiger charge is -2.35. The minimum atomic E-state index is 0.743. The standard InChI is InChI=1S/C17H29N3O/c1-14(2)12-19-7-9-20(10-8-19)13-17-6-5-16(21-17)11-18-15-3-4-15/h5-6,14-15,18H,3-4,7-13H2,1-2H3. The molecule has 0 radical (unpaired) electrons. The van der Waals surface area contributed by atoms with E-state index in [0.29, 0.717) is 0 Å². The van der Waals surface area contributed by atoms with Crippen molar-refractivity contribution in [3.8, 4) is 0 Å². The van der Waals surface area contributed by atoms with Gasteiger partial charge in [-0.25, -0.2) is 0 Å². The fourth-order valence-electron chi connectivity index (χ4n) is 3.00. The normalized spacial score (nSPS) is 21.3. The van der Waals surface area contributed by atoms with E-state index in [9.17, 15) is 0 Å². The van der Waals surface area contributed by atoms with Crippen LogP contribution < -0.4 is 5.32 Å². The number of hydrogen-bond acceptors (Lipinski definition) is 4. The fourth-order valence-corrected chi connectivity index (χ4v) is 3.00. The molecule has 0 unspecified atom stereocenters. The van der Waals surface area contributed by atoms with E-state index in [0.717, 1.165) is 49.7 Å². The molecule has 0 amide bonds. The fraction of sp³-hybridized carbons (Fsp3) is 0.765. The van der Waals surface area contributed by atoms with Crippen LogP contribution in [-0.2, 0) is 13.1 Å². The molecule has 118 valence electrons. The van der Waals surface area contributed by atoms with Gasteiger partial charge in [0.25, 0.3) is 0 Å². The summed E-state index contributed by atoms with van der Waals surface area (Å²) in [7, 11) is 0. The third-order valence-electron chi connectivity index (χ3n) is 4.33. The van der Waals surface area contributed by atoms with Crippen molar-refractivity contribution in [3.63, 3.8) is 0 Å². The van der Waals surface area contributed by atoms with Crippen LogP contribution in [0.15, 0.2) is 16.5 Å². The van der Waals surface area contributed by atoms with Crippen molar-refractivity contribution in [2.75, 3.05) is 32.7 Å². The number of nitrogens with zero attached hydrogens (tertiary/aromatic N) is 2. The van der Waals surface area contributed by atoms with Crippen LogP contribution in [0.3, 0.4) is 0 Å². The molecule has 0 atom stereocenters. The SMILES string of the molecule is CC(C)CN1CCN(Cc2ccc(CNC3CC3)o2)CC1. The van der Waals surface area contributed by atoms with Gasteiger partial charge in [0.2, 0.25) is 0 Å². The lowest BCUT2D eigenvalue weighted by molar-refractivity contribution is 0.111. The summed E-state index contributed by atoms with van der Waals surface area (Å²) in [6.45, 7) is 12.4. The molecule has 0 bridgehead atoms. The second-order valence-electron chi connectivity index (χ2n) is 6.99. The van der Waals surface area contributed by atoms with Gasteiger partial charge in [-0.05, 0) is 30.9 Å². The molecule has 3 rings (SSSR count). The van der Waals surface area contributed by atoms with E-state index in [1.165, 1.54) is 32.5 Å². The van der Waals surface area contributed by atoms with Gasteiger partial charge in [0.05, 0.1) is 13.1 Å². The Morgan fingerprint density at radius 3 is 2.43 bits per heavy atom. The maximum atomic E-state index is 5.94. The Kier molecular flexibility index (Phi) is 4.99. The van der Waals surface area contributed by atoms with Crippen LogP contribution >= 0.6 is 0 Å². The molecule has 1 aromatic rings. The first kappa shape index (κ1) is 15.1. The maximum Gasteiger partial charge on any atom is 0.118 e. The highest BCUT2D eigenvalue weighted by atomic mass is 16.3. The molecule has 21 heavy (non-hydrogen) atoms. The Morgan fingerprint density at radius 1 is 1.10 bits per heavy atom. The highest BCUT2D eigenvalue weighted by molar-refractivity contribution is 5.07. The van der Waals surface area contributed by atoms with Crippen molar-refractivity contribution in [1.82, 2.24) is 15.1 Å². The molecule has 1 aliphatic heterocycles. The molecule has 0 aromatic carbocycles. The van der Waals surface area contributed by atoms with Gasteiger partial charge < -0.3 is 14.6 Å². The van der Waals surface area contributed by atoms with Gasteiger partial charge in [-0.2, -0.15) is 0 Å². The molecule has 2 fully saturated rings. The number of piperazine rings is 1. The quantitative estimate of drug-likeness (QED) is 0.835. The summed E-state index contributed by atoms with van der Waals surface area (Å²) in [5.74, 6) is 2.96. The Bertz CT molecular complexity index is 431. The molecule has 1 aromatic heterocycles. The van der Waals surface area contributed by atoms with Gasteiger partial charge in [0.1, 0.15) is 11.5 Å². The number of furan rings is 1. The molecular weight excluding hydrogens is 262 g/mol. The average Bonchev–Trinajstić information content (AvgIpc) is 3.18. The number of rotatable bonds is 7. The zero-order valence-electron chi connectivity index (χ0n) is 13.5. The Labute approximate surface area is 128 Å². The lowest BCUT2D eigenvalue weighted by Crippen LogP contribution is -2.46. The highest BCUT2D eigenvalue weighted by Gasteiger charge is 2.21. The molecule has 0 spiro atoms. The van der Waals surface area contributed by atoms with Crippen molar-refractivity contribution in [2.24, 2.45) is 5.92 Å². The minimum Gasteiger partial charge on any atom is -0.463 e. The largest absolute Gasteiger partial charge is 0.463 e. The number of nitrogens with one attached hydrogen (secondary N) is 1. The van der Waals surface area contributed by atoms with Gasteiger partial charge >= 0.3 is 0 Å². The molecule has 2 aliphatic rings. The molecule has 1 saturated heterocycles. The first-order valence-electron chi connectivity index (χ1n) is 8.45. The van der Waals surface area contributed by atoms with Crippen LogP contribution in [0.4, 0.5) is 0 Å². The lowest BCUT2D eigenvalue weighted by atomic mass is 10.2. The summed E-state index contributed by atoms with van der Waals surface area (Å²) >= 11 is 0. The molecule has 1 aliphatic carbocycles. The number of hydrogen-bond donors (Lipinski definition) is 1. The van der Waals surface area contributed by atoms with E-state index in [1.807, 2.05) is 0 Å². The summed E-state index contributed by atoms with van der Waals surface area (Å²) in [4.78, 5) is 5.09. The van der Waals surface area contributed by atoms with Crippen molar-refractivity contribution >= 4 is 0 Å². The van der Waals surface area contributed by atoms with Crippen molar-refractivity contribution < 1.29 is 4.42 Å². The molecule has 4 heteroatoms. The summed E-state index contributed by atoms with van der Waals surface area (Å²) < 4.78 is 5.94. The van der Waals surface area contributed by atoms with E-state index in [-0.39, 0.29) is 0 Å². The molecule has 1 saturated carbocycles. The second kappa shape index (κ2) is 6.95. The monoisotopic (exact) mass is 291 g/mol. The zero-order valence-corrected chi connectivity index (χ0v) is 13.5. The zero-order chi connectivity index (χ0) is 14.7. The van der Waals surface area contributed by atoms with Gasteiger partial charge in [0, 0.05) is 38.8 Å². The summed E-state index contributed by atoms with van der Waals surface area (Å²) in [6, 6.07) is 5.01. The average molecular weight is 291 g/mol. The topological polar surface area (TPSA) is 31.6 Å². The summed E-state index contributed by atoms with van der Waals surface area (Å²) in [6.07, 6.45) is 2.66. The van der Waals surface area contributed by atoms with Crippen LogP contribution in [0.25, 0.3) is 0 Å². The minimum absolute atomic E-state index is 0.743. The highest BCUT2D eigenvalue weighted by Crippen LogP contribution is 2.20. The van der Waals surface area contributed by atoms with Crippen LogP contribution in [0.5, 0.6) is 0 Å². The van der Waals surface area contributed by atoms with Crippen LogP contribution in [0.1, 0.15) is 38.2 Å². The van der Waals surface area contributed by atoms with Crippen molar-refractivity contribution in [3.05, 3.63) is 23.7 Å². The van der Waals surface area contributed by atoms with Gasteiger partial charge in [-0.1, -0.05) is 13.8 Å². The van der Waals surface area contributed by atoms with E-state index >= 15 is 0 Å². The molecule has 4 nitrogen and oxygen atoms in total. The predicted molar refractivity (Wildman–Crippen MR) is 85.1 cm³/mol. The summed E-state index contributed by atoms with van der Waals surface area (Å²) in [5.41, 5.74) is 0. The third-order valence-corrected chi connectivity index (χ3v) is 4.33. The van der Waals surface area contributed by atoms with E-state index < -0.39 is 0 Å². The molecule has 1 N–H and O–H groups in total. The van der Waals surface area contributed by atoms with Gasteiger partial charge in [0.15, 0.2) is 0 Å². The van der Waals surface area contributed by atoms with E-state index in [2.05, 4.69) is 41.1 Å². The van der Waals surface area contributed by atoms with Gasteiger partial charge in [-0.15, -0.1) is 0 Å². The van der Waals surface area contributed by atoms with E-state index in [1.54, 1.807) is 0 Å². The second-order valence-corrected chi connectivity index (χ2v) is 6.99. The first-order valence-corrected chi connectivity index (χ1v) is 8.45. The van der Waals surface area contributed by atoms with Crippen LogP contribution in [0.2, 0.25) is 0 Å². The maximum absolute atomic E-state index is 5.94. The van der Waals surface area contributed by atoms with Crippen molar-refractivity contribution in [1.29, 1.82) is 0 Å². The Hall–Kier alpha value is -0.840.